The molecule has 6 heteroatoms. The van der Waals surface area contributed by atoms with Crippen LogP contribution in [0.2, 0.25) is 0 Å². The van der Waals surface area contributed by atoms with E-state index in [0.29, 0.717) is 0 Å². The van der Waals surface area contributed by atoms with Gasteiger partial charge in [0, 0.05) is 36.8 Å². The minimum atomic E-state index is 0.760. The summed E-state index contributed by atoms with van der Waals surface area (Å²) in [6.45, 7) is 1.76. The molecule has 0 saturated heterocycles. The third-order valence-electron chi connectivity index (χ3n) is 3.47. The molecular formula is C14H13N5O. The van der Waals surface area contributed by atoms with Gasteiger partial charge in [-0.1, -0.05) is 0 Å². The van der Waals surface area contributed by atoms with Gasteiger partial charge in [0.25, 0.3) is 0 Å². The van der Waals surface area contributed by atoms with Gasteiger partial charge in [-0.15, -0.1) is 0 Å². The normalized spacial score (nSPS) is 14.2. The van der Waals surface area contributed by atoms with E-state index in [4.69, 9.17) is 4.42 Å². The van der Waals surface area contributed by atoms with Gasteiger partial charge in [-0.3, -0.25) is 0 Å². The molecule has 100 valence electrons. The Morgan fingerprint density at radius 2 is 2.20 bits per heavy atom. The topological polar surface area (TPSA) is 75.9 Å². The molecule has 0 amide bonds. The maximum atomic E-state index is 5.31. The Bertz CT molecular complexity index is 767. The second-order valence-corrected chi connectivity index (χ2v) is 4.73. The Labute approximate surface area is 115 Å². The van der Waals surface area contributed by atoms with Crippen LogP contribution in [-0.2, 0) is 13.0 Å². The fraction of sp³-hybridized carbons (Fsp3) is 0.214. The SMILES string of the molecule is c1nc2c(c(Nc3ccc4ncoc4c3)n1)CNCC2. The fourth-order valence-electron chi connectivity index (χ4n) is 2.45. The molecule has 3 aromatic rings. The summed E-state index contributed by atoms with van der Waals surface area (Å²) < 4.78 is 5.31. The van der Waals surface area contributed by atoms with Crippen LogP contribution in [0.3, 0.4) is 0 Å². The lowest BCUT2D eigenvalue weighted by molar-refractivity contribution is 0.602. The number of fused-ring (bicyclic) bond motifs is 2. The minimum Gasteiger partial charge on any atom is -0.443 e. The number of anilines is 2. The van der Waals surface area contributed by atoms with Gasteiger partial charge < -0.3 is 15.1 Å². The highest BCUT2D eigenvalue weighted by molar-refractivity contribution is 5.78. The van der Waals surface area contributed by atoms with Crippen molar-refractivity contribution in [3.05, 3.63) is 42.2 Å². The highest BCUT2D eigenvalue weighted by atomic mass is 16.3. The molecule has 2 aromatic heterocycles. The quantitative estimate of drug-likeness (QED) is 0.739. The third kappa shape index (κ3) is 1.90. The summed E-state index contributed by atoms with van der Waals surface area (Å²) in [6.07, 6.45) is 4.00. The summed E-state index contributed by atoms with van der Waals surface area (Å²) >= 11 is 0. The monoisotopic (exact) mass is 267 g/mol. The standard InChI is InChI=1S/C14H13N5O/c1-2-12-13(20-8-18-12)5-9(1)19-14-10-6-15-4-3-11(10)16-7-17-14/h1-2,5,7-8,15H,3-4,6H2,(H,16,17,19). The molecular weight excluding hydrogens is 254 g/mol. The highest BCUT2D eigenvalue weighted by Crippen LogP contribution is 2.24. The van der Waals surface area contributed by atoms with E-state index in [1.807, 2.05) is 18.2 Å². The summed E-state index contributed by atoms with van der Waals surface area (Å²) in [5.74, 6) is 0.848. The molecule has 0 bridgehead atoms. The molecule has 1 aliphatic rings. The minimum absolute atomic E-state index is 0.760. The molecule has 1 aliphatic heterocycles. The van der Waals surface area contributed by atoms with Crippen LogP contribution in [-0.4, -0.2) is 21.5 Å². The molecule has 0 saturated carbocycles. The van der Waals surface area contributed by atoms with Crippen LogP contribution >= 0.6 is 0 Å². The fourth-order valence-corrected chi connectivity index (χ4v) is 2.45. The molecule has 4 rings (SSSR count). The van der Waals surface area contributed by atoms with E-state index >= 15 is 0 Å². The number of benzene rings is 1. The van der Waals surface area contributed by atoms with Gasteiger partial charge in [0.15, 0.2) is 12.0 Å². The van der Waals surface area contributed by atoms with Gasteiger partial charge in [0.2, 0.25) is 0 Å². The molecule has 2 N–H and O–H groups in total. The number of hydrogen-bond donors (Lipinski definition) is 2. The first-order chi connectivity index (χ1) is 9.90. The zero-order valence-electron chi connectivity index (χ0n) is 10.8. The van der Waals surface area contributed by atoms with Gasteiger partial charge in [-0.25, -0.2) is 15.0 Å². The van der Waals surface area contributed by atoms with E-state index in [9.17, 15) is 0 Å². The average Bonchev–Trinajstić information content (AvgIpc) is 2.95. The van der Waals surface area contributed by atoms with Crippen LogP contribution in [0, 0.1) is 0 Å². The molecule has 0 spiro atoms. The van der Waals surface area contributed by atoms with Crippen LogP contribution in [0.1, 0.15) is 11.3 Å². The maximum absolute atomic E-state index is 5.31. The molecule has 0 aliphatic carbocycles. The second kappa shape index (κ2) is 4.57. The Morgan fingerprint density at radius 1 is 1.20 bits per heavy atom. The lowest BCUT2D eigenvalue weighted by Crippen LogP contribution is -2.25. The van der Waals surface area contributed by atoms with Gasteiger partial charge in [0.05, 0.1) is 5.69 Å². The van der Waals surface area contributed by atoms with Crippen LogP contribution in [0.5, 0.6) is 0 Å². The Morgan fingerprint density at radius 3 is 3.20 bits per heavy atom. The molecule has 0 radical (unpaired) electrons. The van der Waals surface area contributed by atoms with Crippen LogP contribution in [0.25, 0.3) is 11.1 Å². The van der Waals surface area contributed by atoms with E-state index in [2.05, 4.69) is 25.6 Å². The van der Waals surface area contributed by atoms with E-state index < -0.39 is 0 Å². The van der Waals surface area contributed by atoms with E-state index in [0.717, 1.165) is 53.4 Å². The van der Waals surface area contributed by atoms with Crippen molar-refractivity contribution in [1.29, 1.82) is 0 Å². The number of hydrogen-bond acceptors (Lipinski definition) is 6. The van der Waals surface area contributed by atoms with Crippen molar-refractivity contribution in [2.75, 3.05) is 11.9 Å². The molecule has 6 nitrogen and oxygen atoms in total. The van der Waals surface area contributed by atoms with Gasteiger partial charge in [0.1, 0.15) is 17.7 Å². The summed E-state index contributed by atoms with van der Waals surface area (Å²) in [5, 5.41) is 6.68. The van der Waals surface area contributed by atoms with E-state index in [1.165, 1.54) is 6.39 Å². The van der Waals surface area contributed by atoms with Gasteiger partial charge in [-0.05, 0) is 12.1 Å². The molecule has 20 heavy (non-hydrogen) atoms. The van der Waals surface area contributed by atoms with Crippen molar-refractivity contribution >= 4 is 22.6 Å². The zero-order chi connectivity index (χ0) is 13.4. The van der Waals surface area contributed by atoms with Crippen LogP contribution in [0.4, 0.5) is 11.5 Å². The molecule has 3 heterocycles. The van der Waals surface area contributed by atoms with Crippen LogP contribution in [0.15, 0.2) is 35.3 Å². The van der Waals surface area contributed by atoms with Crippen molar-refractivity contribution in [2.24, 2.45) is 0 Å². The predicted octanol–water partition coefficient (Wildman–Crippen LogP) is 2.01. The number of oxazole rings is 1. The number of nitrogens with zero attached hydrogens (tertiary/aromatic N) is 3. The summed E-state index contributed by atoms with van der Waals surface area (Å²) in [4.78, 5) is 12.8. The first kappa shape index (κ1) is 11.4. The summed E-state index contributed by atoms with van der Waals surface area (Å²) in [6, 6.07) is 5.82. The molecule has 1 aromatic carbocycles. The number of rotatable bonds is 2. The largest absolute Gasteiger partial charge is 0.443 e. The smallest absolute Gasteiger partial charge is 0.181 e. The predicted molar refractivity (Wildman–Crippen MR) is 74.7 cm³/mol. The maximum Gasteiger partial charge on any atom is 0.181 e. The second-order valence-electron chi connectivity index (χ2n) is 4.73. The average molecular weight is 267 g/mol. The number of aromatic nitrogens is 3. The summed E-state index contributed by atoms with van der Waals surface area (Å²) in [5.41, 5.74) is 4.79. The van der Waals surface area contributed by atoms with Crippen molar-refractivity contribution in [3.63, 3.8) is 0 Å². The van der Waals surface area contributed by atoms with E-state index in [1.54, 1.807) is 6.33 Å². The lowest BCUT2D eigenvalue weighted by atomic mass is 10.1. The Balaban J connectivity index is 1.71. The van der Waals surface area contributed by atoms with Crippen LogP contribution < -0.4 is 10.6 Å². The first-order valence-electron chi connectivity index (χ1n) is 6.54. The van der Waals surface area contributed by atoms with Crippen molar-refractivity contribution in [1.82, 2.24) is 20.3 Å². The Hall–Kier alpha value is -2.47. The van der Waals surface area contributed by atoms with Crippen molar-refractivity contribution < 1.29 is 4.42 Å². The van der Waals surface area contributed by atoms with Crippen molar-refractivity contribution in [2.45, 2.75) is 13.0 Å². The third-order valence-corrected chi connectivity index (χ3v) is 3.47. The number of nitrogens with one attached hydrogen (secondary N) is 2. The van der Waals surface area contributed by atoms with Crippen molar-refractivity contribution in [3.8, 4) is 0 Å². The molecule has 0 unspecified atom stereocenters. The van der Waals surface area contributed by atoms with E-state index in [-0.39, 0.29) is 0 Å². The molecule has 0 fully saturated rings. The Kier molecular flexibility index (Phi) is 2.60. The first-order valence-corrected chi connectivity index (χ1v) is 6.54. The highest BCUT2D eigenvalue weighted by Gasteiger charge is 2.15. The zero-order valence-corrected chi connectivity index (χ0v) is 10.8. The molecule has 0 atom stereocenters. The summed E-state index contributed by atoms with van der Waals surface area (Å²) in [7, 11) is 0. The van der Waals surface area contributed by atoms with Gasteiger partial charge in [-0.2, -0.15) is 0 Å². The lowest BCUT2D eigenvalue weighted by Gasteiger charge is -2.19. The van der Waals surface area contributed by atoms with Gasteiger partial charge >= 0.3 is 0 Å².